The summed E-state index contributed by atoms with van der Waals surface area (Å²) in [5.74, 6) is -0.0872. The Labute approximate surface area is 165 Å². The molecular weight excluding hydrogens is 378 g/mol. The quantitative estimate of drug-likeness (QED) is 0.806. The second-order valence-electron chi connectivity index (χ2n) is 7.73. The molecule has 7 nitrogen and oxygen atoms in total. The number of hydrogen-bond acceptors (Lipinski definition) is 4. The predicted octanol–water partition coefficient (Wildman–Crippen LogP) is 2.25. The molecule has 1 aromatic rings. The van der Waals surface area contributed by atoms with Gasteiger partial charge in [-0.15, -0.1) is 0 Å². The molecule has 3 amide bonds. The Hall–Kier alpha value is -2.35. The van der Waals surface area contributed by atoms with Gasteiger partial charge >= 0.3 is 6.03 Å². The Balaban J connectivity index is 1.46. The zero-order valence-corrected chi connectivity index (χ0v) is 16.8. The van der Waals surface area contributed by atoms with Gasteiger partial charge in [-0.3, -0.25) is 4.79 Å². The van der Waals surface area contributed by atoms with Gasteiger partial charge in [0.15, 0.2) is 0 Å². The van der Waals surface area contributed by atoms with Crippen LogP contribution >= 0.6 is 0 Å². The average Bonchev–Trinajstić information content (AvgIpc) is 3.21. The predicted molar refractivity (Wildman–Crippen MR) is 106 cm³/mol. The molecule has 3 aliphatic rings. The summed E-state index contributed by atoms with van der Waals surface area (Å²) in [4.78, 5) is 25.4. The number of fused-ring (bicyclic) bond motifs is 2. The summed E-state index contributed by atoms with van der Waals surface area (Å²) >= 11 is 0. The first-order chi connectivity index (χ1) is 13.3. The molecule has 1 aromatic carbocycles. The molecule has 1 unspecified atom stereocenters. The normalized spacial score (nSPS) is 20.6. The van der Waals surface area contributed by atoms with Gasteiger partial charge in [0.2, 0.25) is 5.91 Å². The molecule has 4 rings (SSSR count). The maximum atomic E-state index is 12.4. The third-order valence-corrected chi connectivity index (χ3v) is 6.88. The Morgan fingerprint density at radius 2 is 1.75 bits per heavy atom. The monoisotopic (exact) mass is 403 g/mol. The number of nitrogens with one attached hydrogen (secondary N) is 2. The second-order valence-corrected chi connectivity index (χ2v) is 9.30. The summed E-state index contributed by atoms with van der Waals surface area (Å²) in [6.45, 7) is 2.08. The van der Waals surface area contributed by atoms with E-state index < -0.39 is 16.1 Å². The summed E-state index contributed by atoms with van der Waals surface area (Å²) in [6.07, 6.45) is 8.13. The van der Waals surface area contributed by atoms with Crippen molar-refractivity contribution in [3.63, 3.8) is 0 Å². The summed E-state index contributed by atoms with van der Waals surface area (Å²) in [6, 6.07) is 1.29. The van der Waals surface area contributed by atoms with Gasteiger partial charge in [0.25, 0.3) is 10.0 Å². The summed E-state index contributed by atoms with van der Waals surface area (Å²) in [5, 5.41) is 3.79. The number of rotatable bonds is 4. The van der Waals surface area contributed by atoms with Crippen LogP contribution in [-0.4, -0.2) is 37.8 Å². The van der Waals surface area contributed by atoms with Gasteiger partial charge in [-0.1, -0.05) is 6.07 Å². The third-order valence-electron chi connectivity index (χ3n) is 5.90. The molecular formula is C20H25N3O4S. The number of carbonyl (C=O) groups excluding carboxylic acids is 2. The molecule has 1 saturated heterocycles. The number of aryl methyl sites for hydroxylation is 2. The zero-order valence-electron chi connectivity index (χ0n) is 16.0. The minimum absolute atomic E-state index is 0.0872. The van der Waals surface area contributed by atoms with Crippen LogP contribution in [0.5, 0.6) is 0 Å². The van der Waals surface area contributed by atoms with Gasteiger partial charge in [-0.2, -0.15) is 0 Å². The molecule has 28 heavy (non-hydrogen) atoms. The first kappa shape index (κ1) is 19.0. The van der Waals surface area contributed by atoms with Crippen molar-refractivity contribution in [2.75, 3.05) is 11.9 Å². The standard InChI is InChI=1S/C20H25N3O4S/c1-13(24)23-10-8-16(23)9-11-28(26,27)22-20(25)21-19-17-6-2-4-14(17)12-15-5-3-7-18(15)19/h9,11-12,16H,2-8,10H2,1H3,(H2,21,22,25)/b11-9+. The lowest BCUT2D eigenvalue weighted by molar-refractivity contribution is -0.134. The Kier molecular flexibility index (Phi) is 4.91. The first-order valence-corrected chi connectivity index (χ1v) is 11.3. The first-order valence-electron chi connectivity index (χ1n) is 9.80. The van der Waals surface area contributed by atoms with E-state index in [9.17, 15) is 18.0 Å². The van der Waals surface area contributed by atoms with Crippen molar-refractivity contribution in [3.8, 4) is 0 Å². The number of hydrogen-bond donors (Lipinski definition) is 2. The molecule has 1 fully saturated rings. The van der Waals surface area contributed by atoms with Gasteiger partial charge in [0.05, 0.1) is 6.04 Å². The van der Waals surface area contributed by atoms with Crippen LogP contribution in [0.3, 0.4) is 0 Å². The lowest BCUT2D eigenvalue weighted by Crippen LogP contribution is -2.49. The number of anilines is 1. The number of nitrogens with zero attached hydrogens (tertiary/aromatic N) is 1. The van der Waals surface area contributed by atoms with E-state index in [0.717, 1.165) is 67.2 Å². The van der Waals surface area contributed by atoms with Crippen LogP contribution in [0.2, 0.25) is 0 Å². The van der Waals surface area contributed by atoms with Crippen LogP contribution < -0.4 is 10.0 Å². The molecule has 2 N–H and O–H groups in total. The smallest absolute Gasteiger partial charge is 0.333 e. The van der Waals surface area contributed by atoms with Gasteiger partial charge < -0.3 is 10.2 Å². The number of likely N-dealkylation sites (tertiary alicyclic amines) is 1. The van der Waals surface area contributed by atoms with Gasteiger partial charge in [-0.05, 0) is 73.3 Å². The largest absolute Gasteiger partial charge is 0.336 e. The van der Waals surface area contributed by atoms with Crippen molar-refractivity contribution in [1.82, 2.24) is 9.62 Å². The van der Waals surface area contributed by atoms with E-state index in [2.05, 4.69) is 16.1 Å². The molecule has 0 spiro atoms. The highest BCUT2D eigenvalue weighted by molar-refractivity contribution is 7.92. The number of sulfonamides is 1. The minimum Gasteiger partial charge on any atom is -0.336 e. The third kappa shape index (κ3) is 3.65. The molecule has 2 aliphatic carbocycles. The fraction of sp³-hybridized carbons (Fsp3) is 0.500. The molecule has 1 aliphatic heterocycles. The highest BCUT2D eigenvalue weighted by Gasteiger charge is 2.29. The molecule has 0 bridgehead atoms. The fourth-order valence-electron chi connectivity index (χ4n) is 4.46. The SMILES string of the molecule is CC(=O)N1CCC1/C=C/S(=O)(=O)NC(=O)Nc1c2c(cc3c1CCC3)CCC2. The highest BCUT2D eigenvalue weighted by atomic mass is 32.2. The van der Waals surface area contributed by atoms with E-state index in [4.69, 9.17) is 0 Å². The lowest BCUT2D eigenvalue weighted by atomic mass is 9.99. The van der Waals surface area contributed by atoms with Crippen LogP contribution in [-0.2, 0) is 40.5 Å². The lowest BCUT2D eigenvalue weighted by Gasteiger charge is -2.38. The van der Waals surface area contributed by atoms with Crippen LogP contribution in [0.25, 0.3) is 0 Å². The van der Waals surface area contributed by atoms with E-state index in [1.165, 1.54) is 24.1 Å². The zero-order chi connectivity index (χ0) is 19.9. The van der Waals surface area contributed by atoms with E-state index in [0.29, 0.717) is 6.54 Å². The average molecular weight is 404 g/mol. The molecule has 0 aromatic heterocycles. The van der Waals surface area contributed by atoms with E-state index in [1.54, 1.807) is 4.90 Å². The maximum absolute atomic E-state index is 12.4. The van der Waals surface area contributed by atoms with E-state index >= 15 is 0 Å². The van der Waals surface area contributed by atoms with Crippen molar-refractivity contribution >= 4 is 27.6 Å². The second kappa shape index (κ2) is 7.24. The van der Waals surface area contributed by atoms with Crippen LogP contribution in [0, 0.1) is 0 Å². The van der Waals surface area contributed by atoms with E-state index in [1.807, 2.05) is 0 Å². The molecule has 150 valence electrons. The van der Waals surface area contributed by atoms with Crippen molar-refractivity contribution in [3.05, 3.63) is 39.8 Å². The fourth-order valence-corrected chi connectivity index (χ4v) is 5.23. The number of urea groups is 1. The van der Waals surface area contributed by atoms with Crippen LogP contribution in [0.15, 0.2) is 17.6 Å². The summed E-state index contributed by atoms with van der Waals surface area (Å²) in [5.41, 5.74) is 5.65. The van der Waals surface area contributed by atoms with Gasteiger partial charge in [-0.25, -0.2) is 17.9 Å². The number of carbonyl (C=O) groups is 2. The number of amides is 3. The maximum Gasteiger partial charge on any atom is 0.333 e. The van der Waals surface area contributed by atoms with E-state index in [-0.39, 0.29) is 11.9 Å². The Bertz CT molecular complexity index is 936. The molecule has 0 radical (unpaired) electrons. The van der Waals surface area contributed by atoms with Crippen LogP contribution in [0.4, 0.5) is 10.5 Å². The molecule has 1 heterocycles. The van der Waals surface area contributed by atoms with Gasteiger partial charge in [0, 0.05) is 24.6 Å². The van der Waals surface area contributed by atoms with Crippen molar-refractivity contribution in [1.29, 1.82) is 0 Å². The molecule has 1 atom stereocenters. The highest BCUT2D eigenvalue weighted by Crippen LogP contribution is 2.38. The van der Waals surface area contributed by atoms with Crippen molar-refractivity contribution in [2.24, 2.45) is 0 Å². The summed E-state index contributed by atoms with van der Waals surface area (Å²) < 4.78 is 26.6. The van der Waals surface area contributed by atoms with Gasteiger partial charge in [0.1, 0.15) is 0 Å². The molecule has 8 heteroatoms. The number of benzene rings is 1. The van der Waals surface area contributed by atoms with Crippen molar-refractivity contribution < 1.29 is 18.0 Å². The van der Waals surface area contributed by atoms with Crippen LogP contribution in [0.1, 0.15) is 48.4 Å². The topological polar surface area (TPSA) is 95.6 Å². The summed E-state index contributed by atoms with van der Waals surface area (Å²) in [7, 11) is -3.93. The Morgan fingerprint density at radius 3 is 2.29 bits per heavy atom. The van der Waals surface area contributed by atoms with Crippen molar-refractivity contribution in [2.45, 2.75) is 57.9 Å². The molecule has 0 saturated carbocycles. The minimum atomic E-state index is -3.93. The Morgan fingerprint density at radius 1 is 1.11 bits per heavy atom.